The average molecular weight is 428 g/mol. The molecule has 1 amide bonds. The van der Waals surface area contributed by atoms with Crippen molar-refractivity contribution in [3.05, 3.63) is 32.9 Å². The molecule has 124 valence electrons. The van der Waals surface area contributed by atoms with Crippen LogP contribution in [-0.4, -0.2) is 61.4 Å². The number of aryl methyl sites for hydroxylation is 3. The maximum Gasteiger partial charge on any atom is 0.275 e. The van der Waals surface area contributed by atoms with Crippen LogP contribution in [0.25, 0.3) is 0 Å². The van der Waals surface area contributed by atoms with E-state index in [1.165, 1.54) is 5.56 Å². The van der Waals surface area contributed by atoms with Gasteiger partial charge in [-0.15, -0.1) is 0 Å². The molecule has 3 heterocycles. The summed E-state index contributed by atoms with van der Waals surface area (Å²) < 4.78 is 4.45. The summed E-state index contributed by atoms with van der Waals surface area (Å²) in [6.45, 7) is 6.17. The van der Waals surface area contributed by atoms with E-state index in [4.69, 9.17) is 0 Å². The molecule has 0 bridgehead atoms. The molecule has 8 heteroatoms. The van der Waals surface area contributed by atoms with Gasteiger partial charge in [-0.3, -0.25) is 19.1 Å². The summed E-state index contributed by atoms with van der Waals surface area (Å²) >= 11 is 2.17. The van der Waals surface area contributed by atoms with Crippen LogP contribution in [0, 0.1) is 10.5 Å². The third kappa shape index (κ3) is 3.57. The molecule has 23 heavy (non-hydrogen) atoms. The quantitative estimate of drug-likeness (QED) is 0.686. The number of aromatic nitrogens is 4. The first-order valence-corrected chi connectivity index (χ1v) is 8.72. The third-order valence-corrected chi connectivity index (χ3v) is 4.94. The van der Waals surface area contributed by atoms with Gasteiger partial charge in [0.25, 0.3) is 5.91 Å². The lowest BCUT2D eigenvalue weighted by Crippen LogP contribution is -2.48. The Labute approximate surface area is 149 Å². The maximum atomic E-state index is 12.6. The number of carbonyl (C=O) groups excluding carboxylic acids is 1. The Morgan fingerprint density at radius 3 is 2.30 bits per heavy atom. The molecule has 1 aliphatic rings. The van der Waals surface area contributed by atoms with Crippen molar-refractivity contribution in [1.82, 2.24) is 29.4 Å². The van der Waals surface area contributed by atoms with Crippen molar-refractivity contribution in [2.24, 2.45) is 14.1 Å². The Hall–Kier alpha value is -1.42. The van der Waals surface area contributed by atoms with Crippen LogP contribution in [0.2, 0.25) is 0 Å². The molecule has 0 spiro atoms. The first-order valence-electron chi connectivity index (χ1n) is 7.64. The smallest absolute Gasteiger partial charge is 0.275 e. The van der Waals surface area contributed by atoms with Crippen LogP contribution in [0.1, 0.15) is 21.7 Å². The summed E-state index contributed by atoms with van der Waals surface area (Å²) in [6.07, 6.45) is 3.94. The lowest BCUT2D eigenvalue weighted by atomic mass is 10.2. The number of amides is 1. The number of nitrogens with zero attached hydrogens (tertiary/aromatic N) is 6. The number of carbonyl (C=O) groups is 1. The number of piperazine rings is 1. The SMILES string of the molecule is Cc1nn(C)cc1CN1CCN(C(=O)c2nn(C)cc2I)CC1. The van der Waals surface area contributed by atoms with Crippen LogP contribution >= 0.6 is 22.6 Å². The van der Waals surface area contributed by atoms with E-state index in [9.17, 15) is 4.79 Å². The molecule has 0 aromatic carbocycles. The minimum Gasteiger partial charge on any atom is -0.335 e. The Morgan fingerprint density at radius 2 is 1.78 bits per heavy atom. The fourth-order valence-electron chi connectivity index (χ4n) is 2.91. The highest BCUT2D eigenvalue weighted by Gasteiger charge is 2.25. The normalized spacial score (nSPS) is 16.1. The number of rotatable bonds is 3. The Kier molecular flexibility index (Phi) is 4.72. The average Bonchev–Trinajstić information content (AvgIpc) is 3.00. The summed E-state index contributed by atoms with van der Waals surface area (Å²) in [5, 5.41) is 8.67. The van der Waals surface area contributed by atoms with Crippen LogP contribution in [0.15, 0.2) is 12.4 Å². The van der Waals surface area contributed by atoms with Crippen LogP contribution in [0.5, 0.6) is 0 Å². The first kappa shape index (κ1) is 16.4. The van der Waals surface area contributed by atoms with Crippen molar-refractivity contribution < 1.29 is 4.79 Å². The summed E-state index contributed by atoms with van der Waals surface area (Å²) in [5.74, 6) is 0.0345. The van der Waals surface area contributed by atoms with Gasteiger partial charge in [-0.1, -0.05) is 0 Å². The molecule has 1 aliphatic heterocycles. The molecule has 0 unspecified atom stereocenters. The molecule has 0 saturated carbocycles. The Morgan fingerprint density at radius 1 is 1.13 bits per heavy atom. The van der Waals surface area contributed by atoms with E-state index in [-0.39, 0.29) is 5.91 Å². The lowest BCUT2D eigenvalue weighted by Gasteiger charge is -2.34. The van der Waals surface area contributed by atoms with Gasteiger partial charge in [0.15, 0.2) is 5.69 Å². The van der Waals surface area contributed by atoms with E-state index < -0.39 is 0 Å². The maximum absolute atomic E-state index is 12.6. The van der Waals surface area contributed by atoms with Gasteiger partial charge in [-0.05, 0) is 29.5 Å². The van der Waals surface area contributed by atoms with Gasteiger partial charge in [0, 0.05) is 64.8 Å². The molecule has 3 rings (SSSR count). The van der Waals surface area contributed by atoms with E-state index in [0.717, 1.165) is 42.0 Å². The zero-order valence-corrected chi connectivity index (χ0v) is 15.8. The molecule has 7 nitrogen and oxygen atoms in total. The van der Waals surface area contributed by atoms with Crippen LogP contribution < -0.4 is 0 Å². The van der Waals surface area contributed by atoms with E-state index in [0.29, 0.717) is 5.69 Å². The van der Waals surface area contributed by atoms with Gasteiger partial charge in [0.05, 0.1) is 9.26 Å². The van der Waals surface area contributed by atoms with Gasteiger partial charge in [-0.25, -0.2) is 0 Å². The van der Waals surface area contributed by atoms with Gasteiger partial charge in [0.1, 0.15) is 0 Å². The van der Waals surface area contributed by atoms with E-state index in [2.05, 4.69) is 43.9 Å². The molecule has 2 aromatic heterocycles. The largest absolute Gasteiger partial charge is 0.335 e. The van der Waals surface area contributed by atoms with Crippen LogP contribution in [-0.2, 0) is 20.6 Å². The first-order chi connectivity index (χ1) is 10.9. The van der Waals surface area contributed by atoms with E-state index >= 15 is 0 Å². The molecule has 0 atom stereocenters. The van der Waals surface area contributed by atoms with Crippen molar-refractivity contribution in [2.75, 3.05) is 26.2 Å². The highest BCUT2D eigenvalue weighted by Crippen LogP contribution is 2.15. The molecule has 0 N–H and O–H groups in total. The lowest BCUT2D eigenvalue weighted by molar-refractivity contribution is 0.0620. The van der Waals surface area contributed by atoms with Gasteiger partial charge < -0.3 is 4.90 Å². The minimum atomic E-state index is 0.0345. The summed E-state index contributed by atoms with van der Waals surface area (Å²) in [7, 11) is 3.79. The second-order valence-electron chi connectivity index (χ2n) is 5.98. The van der Waals surface area contributed by atoms with Gasteiger partial charge in [-0.2, -0.15) is 10.2 Å². The van der Waals surface area contributed by atoms with Crippen molar-refractivity contribution in [1.29, 1.82) is 0 Å². The van der Waals surface area contributed by atoms with E-state index in [1.807, 2.05) is 36.8 Å². The molecule has 0 aliphatic carbocycles. The summed E-state index contributed by atoms with van der Waals surface area (Å²) in [5.41, 5.74) is 2.89. The highest BCUT2D eigenvalue weighted by atomic mass is 127. The van der Waals surface area contributed by atoms with Gasteiger partial charge >= 0.3 is 0 Å². The monoisotopic (exact) mass is 428 g/mol. The second-order valence-corrected chi connectivity index (χ2v) is 7.14. The van der Waals surface area contributed by atoms with Gasteiger partial charge in [0.2, 0.25) is 0 Å². The van der Waals surface area contributed by atoms with Crippen molar-refractivity contribution in [3.63, 3.8) is 0 Å². The molecule has 2 aromatic rings. The molecular formula is C15H21IN6O. The predicted molar refractivity (Wildman–Crippen MR) is 95.1 cm³/mol. The molecule has 1 saturated heterocycles. The zero-order chi connectivity index (χ0) is 16.6. The second kappa shape index (κ2) is 6.60. The highest BCUT2D eigenvalue weighted by molar-refractivity contribution is 14.1. The number of hydrogen-bond donors (Lipinski definition) is 0. The number of hydrogen-bond acceptors (Lipinski definition) is 4. The fraction of sp³-hybridized carbons (Fsp3) is 0.533. The van der Waals surface area contributed by atoms with Crippen molar-refractivity contribution in [2.45, 2.75) is 13.5 Å². The van der Waals surface area contributed by atoms with E-state index in [1.54, 1.807) is 4.68 Å². The minimum absolute atomic E-state index is 0.0345. The van der Waals surface area contributed by atoms with Crippen molar-refractivity contribution >= 4 is 28.5 Å². The third-order valence-electron chi connectivity index (χ3n) is 4.16. The van der Waals surface area contributed by atoms with Crippen molar-refractivity contribution in [3.8, 4) is 0 Å². The Balaban J connectivity index is 1.59. The fourth-order valence-corrected chi connectivity index (χ4v) is 3.65. The molecule has 0 radical (unpaired) electrons. The van der Waals surface area contributed by atoms with Crippen LogP contribution in [0.3, 0.4) is 0 Å². The standard InChI is InChI=1S/C15H21IN6O/c1-11-12(8-19(2)17-11)9-21-4-6-22(7-5-21)15(23)14-13(16)10-20(3)18-14/h8,10H,4-7,9H2,1-3H3. The molecular weight excluding hydrogens is 407 g/mol. The summed E-state index contributed by atoms with van der Waals surface area (Å²) in [4.78, 5) is 16.8. The Bertz CT molecular complexity index is 714. The number of halogens is 1. The van der Waals surface area contributed by atoms with Crippen LogP contribution in [0.4, 0.5) is 0 Å². The zero-order valence-electron chi connectivity index (χ0n) is 13.7. The molecule has 1 fully saturated rings. The summed E-state index contributed by atoms with van der Waals surface area (Å²) in [6, 6.07) is 0. The predicted octanol–water partition coefficient (Wildman–Crippen LogP) is 1.02. The topological polar surface area (TPSA) is 59.2 Å².